The number of carboxylic acid groups (broad SMARTS) is 1. The van der Waals surface area contributed by atoms with E-state index < -0.39 is 6.16 Å². The van der Waals surface area contributed by atoms with Crippen LogP contribution in [0.2, 0.25) is 0 Å². The number of nitrogens with zero attached hydrogens (tertiary/aromatic N) is 3. The van der Waals surface area contributed by atoms with Crippen LogP contribution in [0, 0.1) is 0 Å². The third-order valence-electron chi connectivity index (χ3n) is 6.96. The third kappa shape index (κ3) is 6.31. The molecule has 3 aromatic carbocycles. The summed E-state index contributed by atoms with van der Waals surface area (Å²) in [6.07, 6.45) is 0.808. The number of rotatable bonds is 11. The first-order valence-electron chi connectivity index (χ1n) is 13.2. The standard InChI is InChI=1S/C32H31N3O6/c1-34(16-15-22-9-5-3-6-10-22)29(36)19-35-27-14-13-24(40-20-23-11-7-4-8-12-23)17-25(27)30-26(21-39-2)31(41-32(37)38)33-18-28(30)35/h3-14,17-18H,15-16,19-21H2,1-2H3,(H,37,38). The lowest BCUT2D eigenvalue weighted by Crippen LogP contribution is -2.31. The van der Waals surface area contributed by atoms with Crippen molar-refractivity contribution in [3.8, 4) is 11.6 Å². The Morgan fingerprint density at radius 2 is 1.63 bits per heavy atom. The summed E-state index contributed by atoms with van der Waals surface area (Å²) in [5.41, 5.74) is 4.10. The number of methoxy groups -OCH3 is 1. The van der Waals surface area contributed by atoms with Crippen molar-refractivity contribution < 1.29 is 28.9 Å². The molecule has 0 saturated heterocycles. The van der Waals surface area contributed by atoms with Gasteiger partial charge in [-0.3, -0.25) is 4.79 Å². The van der Waals surface area contributed by atoms with E-state index in [1.165, 1.54) is 13.3 Å². The number of carbonyl (C=O) groups is 2. The summed E-state index contributed by atoms with van der Waals surface area (Å²) < 4.78 is 18.4. The molecule has 0 aliphatic rings. The topological polar surface area (TPSA) is 103 Å². The van der Waals surface area contributed by atoms with Crippen molar-refractivity contribution in [1.29, 1.82) is 0 Å². The van der Waals surface area contributed by atoms with Gasteiger partial charge < -0.3 is 28.8 Å². The minimum atomic E-state index is -1.47. The van der Waals surface area contributed by atoms with Gasteiger partial charge in [-0.1, -0.05) is 60.7 Å². The second-order valence-electron chi connectivity index (χ2n) is 9.69. The molecule has 9 nitrogen and oxygen atoms in total. The lowest BCUT2D eigenvalue weighted by atomic mass is 10.1. The first-order chi connectivity index (χ1) is 19.9. The maximum Gasteiger partial charge on any atom is 0.512 e. The average molecular weight is 554 g/mol. The molecule has 2 heterocycles. The van der Waals surface area contributed by atoms with Crippen molar-refractivity contribution in [3.05, 3.63) is 102 Å². The molecule has 0 aliphatic carbocycles. The number of likely N-dealkylation sites (N-methyl/N-ethyl adjacent to an activating group) is 1. The number of fused-ring (bicyclic) bond motifs is 3. The van der Waals surface area contributed by atoms with E-state index in [1.54, 1.807) is 11.9 Å². The summed E-state index contributed by atoms with van der Waals surface area (Å²) in [6, 6.07) is 25.5. The molecular weight excluding hydrogens is 522 g/mol. The normalized spacial score (nSPS) is 11.1. The van der Waals surface area contributed by atoms with Gasteiger partial charge >= 0.3 is 6.16 Å². The van der Waals surface area contributed by atoms with Crippen molar-refractivity contribution in [3.63, 3.8) is 0 Å². The fraction of sp³-hybridized carbons (Fsp3) is 0.219. The zero-order valence-electron chi connectivity index (χ0n) is 22.9. The Kier molecular flexibility index (Phi) is 8.45. The van der Waals surface area contributed by atoms with Gasteiger partial charge in [0.05, 0.1) is 23.9 Å². The van der Waals surface area contributed by atoms with Gasteiger partial charge in [0.2, 0.25) is 11.8 Å². The van der Waals surface area contributed by atoms with Crippen LogP contribution in [0.4, 0.5) is 4.79 Å². The summed E-state index contributed by atoms with van der Waals surface area (Å²) in [6.45, 7) is 1.09. The molecule has 0 atom stereocenters. The van der Waals surface area contributed by atoms with E-state index in [4.69, 9.17) is 14.2 Å². The van der Waals surface area contributed by atoms with Crippen LogP contribution in [0.5, 0.6) is 11.6 Å². The predicted octanol–water partition coefficient (Wildman–Crippen LogP) is 5.67. The minimum Gasteiger partial charge on any atom is -0.489 e. The van der Waals surface area contributed by atoms with E-state index in [2.05, 4.69) is 4.98 Å². The van der Waals surface area contributed by atoms with Gasteiger partial charge in [-0.2, -0.15) is 0 Å². The van der Waals surface area contributed by atoms with Crippen LogP contribution in [0.3, 0.4) is 0 Å². The molecule has 41 heavy (non-hydrogen) atoms. The second kappa shape index (κ2) is 12.5. The van der Waals surface area contributed by atoms with Crippen molar-refractivity contribution in [2.24, 2.45) is 0 Å². The molecule has 5 rings (SSSR count). The van der Waals surface area contributed by atoms with Crippen LogP contribution in [0.1, 0.15) is 16.7 Å². The first kappa shape index (κ1) is 27.7. The van der Waals surface area contributed by atoms with Crippen LogP contribution in [-0.2, 0) is 35.7 Å². The van der Waals surface area contributed by atoms with Crippen molar-refractivity contribution in [2.45, 2.75) is 26.2 Å². The summed E-state index contributed by atoms with van der Waals surface area (Å²) in [7, 11) is 3.31. The zero-order valence-corrected chi connectivity index (χ0v) is 22.9. The highest BCUT2D eigenvalue weighted by Crippen LogP contribution is 2.37. The Bertz CT molecular complexity index is 1670. The van der Waals surface area contributed by atoms with E-state index in [0.717, 1.165) is 28.5 Å². The number of pyridine rings is 1. The maximum atomic E-state index is 13.4. The molecule has 0 bridgehead atoms. The van der Waals surface area contributed by atoms with Crippen LogP contribution in [0.25, 0.3) is 21.8 Å². The Morgan fingerprint density at radius 1 is 0.927 bits per heavy atom. The fourth-order valence-electron chi connectivity index (χ4n) is 4.88. The van der Waals surface area contributed by atoms with Crippen molar-refractivity contribution in [1.82, 2.24) is 14.5 Å². The van der Waals surface area contributed by atoms with Gasteiger partial charge in [-0.25, -0.2) is 9.78 Å². The molecule has 210 valence electrons. The van der Waals surface area contributed by atoms with Crippen LogP contribution in [0.15, 0.2) is 85.1 Å². The van der Waals surface area contributed by atoms with E-state index in [-0.39, 0.29) is 24.9 Å². The highest BCUT2D eigenvalue weighted by Gasteiger charge is 2.22. The van der Waals surface area contributed by atoms with Gasteiger partial charge in [-0.05, 0) is 35.7 Å². The number of amides is 1. The SMILES string of the molecule is COCc1c(OC(=O)O)ncc2c1c1cc(OCc3ccccc3)ccc1n2CC(=O)N(C)CCc1ccccc1. The minimum absolute atomic E-state index is 0.0616. The maximum absolute atomic E-state index is 13.4. The Labute approximate surface area is 237 Å². The molecular formula is C32H31N3O6. The molecule has 0 unspecified atom stereocenters. The molecule has 1 amide bonds. The largest absolute Gasteiger partial charge is 0.512 e. The Balaban J connectivity index is 1.53. The van der Waals surface area contributed by atoms with E-state index >= 15 is 0 Å². The quantitative estimate of drug-likeness (QED) is 0.210. The second-order valence-corrected chi connectivity index (χ2v) is 9.69. The summed E-state index contributed by atoms with van der Waals surface area (Å²) in [4.78, 5) is 30.8. The first-order valence-corrected chi connectivity index (χ1v) is 13.2. The third-order valence-corrected chi connectivity index (χ3v) is 6.96. The summed E-state index contributed by atoms with van der Waals surface area (Å²) >= 11 is 0. The number of ether oxygens (including phenoxy) is 3. The number of aromatic nitrogens is 2. The zero-order chi connectivity index (χ0) is 28.8. The predicted molar refractivity (Wildman–Crippen MR) is 155 cm³/mol. The summed E-state index contributed by atoms with van der Waals surface area (Å²) in [5.74, 6) is 0.503. The smallest absolute Gasteiger partial charge is 0.489 e. The molecule has 0 spiro atoms. The van der Waals surface area contributed by atoms with E-state index in [1.807, 2.05) is 83.4 Å². The number of hydrogen-bond acceptors (Lipinski definition) is 6. The van der Waals surface area contributed by atoms with Gasteiger partial charge in [0.25, 0.3) is 0 Å². The monoisotopic (exact) mass is 553 g/mol. The van der Waals surface area contributed by atoms with Crippen molar-refractivity contribution in [2.75, 3.05) is 20.7 Å². The lowest BCUT2D eigenvalue weighted by molar-refractivity contribution is -0.130. The Hall–Kier alpha value is -4.89. The molecule has 5 aromatic rings. The molecule has 0 radical (unpaired) electrons. The van der Waals surface area contributed by atoms with Gasteiger partial charge in [-0.15, -0.1) is 0 Å². The molecule has 1 N–H and O–H groups in total. The van der Waals surface area contributed by atoms with E-state index in [0.29, 0.717) is 35.4 Å². The van der Waals surface area contributed by atoms with Crippen LogP contribution in [-0.4, -0.2) is 52.3 Å². The number of carbonyl (C=O) groups excluding carboxylic acids is 1. The van der Waals surface area contributed by atoms with Crippen LogP contribution < -0.4 is 9.47 Å². The van der Waals surface area contributed by atoms with Gasteiger partial charge in [0, 0.05) is 37.0 Å². The molecule has 0 saturated carbocycles. The number of benzene rings is 3. The summed E-state index contributed by atoms with van der Waals surface area (Å²) in [5, 5.41) is 10.8. The molecule has 0 aliphatic heterocycles. The highest BCUT2D eigenvalue weighted by molar-refractivity contribution is 6.11. The van der Waals surface area contributed by atoms with Gasteiger partial charge in [0.1, 0.15) is 18.9 Å². The van der Waals surface area contributed by atoms with Crippen LogP contribution >= 0.6 is 0 Å². The number of hydrogen-bond donors (Lipinski definition) is 1. The molecule has 9 heteroatoms. The van der Waals surface area contributed by atoms with Crippen molar-refractivity contribution >= 4 is 33.9 Å². The highest BCUT2D eigenvalue weighted by atomic mass is 16.7. The molecule has 0 fully saturated rings. The Morgan fingerprint density at radius 3 is 2.32 bits per heavy atom. The van der Waals surface area contributed by atoms with Gasteiger partial charge in [0.15, 0.2) is 0 Å². The van der Waals surface area contributed by atoms with E-state index in [9.17, 15) is 14.7 Å². The molecule has 2 aromatic heterocycles. The lowest BCUT2D eigenvalue weighted by Gasteiger charge is -2.18. The average Bonchev–Trinajstić information content (AvgIpc) is 3.29. The fourth-order valence-corrected chi connectivity index (χ4v) is 4.88.